The molecule has 106 valence electrons. The lowest BCUT2D eigenvalue weighted by molar-refractivity contribution is -0.118. The van der Waals surface area contributed by atoms with Crippen molar-refractivity contribution in [2.75, 3.05) is 17.7 Å². The number of halogens is 1. The van der Waals surface area contributed by atoms with Gasteiger partial charge in [-0.25, -0.2) is 8.42 Å². The van der Waals surface area contributed by atoms with Gasteiger partial charge in [-0.2, -0.15) is 0 Å². The normalized spacial score (nSPS) is 12.8. The minimum Gasteiger partial charge on any atom is -0.495 e. The number of primary amides is 1. The molecule has 0 aliphatic heterocycles. The fraction of sp³-hybridized carbons (Fsp3) is 0.364. The van der Waals surface area contributed by atoms with Crippen molar-refractivity contribution in [3.63, 3.8) is 0 Å². The Bertz CT molecular complexity index is 588. The largest absolute Gasteiger partial charge is 0.495 e. The lowest BCUT2D eigenvalue weighted by atomic mass is 10.2. The Balaban J connectivity index is 3.50. The number of rotatable bonds is 5. The number of ether oxygens (including phenoxy) is 1. The molecule has 0 aromatic heterocycles. The average molecular weight is 307 g/mol. The third-order valence-corrected chi connectivity index (χ3v) is 3.96. The number of methoxy groups -OCH3 is 1. The van der Waals surface area contributed by atoms with E-state index >= 15 is 0 Å². The molecule has 0 aliphatic rings. The van der Waals surface area contributed by atoms with Crippen LogP contribution < -0.4 is 14.8 Å². The highest BCUT2D eigenvalue weighted by atomic mass is 35.5. The Morgan fingerprint density at radius 1 is 1.47 bits per heavy atom. The van der Waals surface area contributed by atoms with E-state index in [0.29, 0.717) is 5.02 Å². The summed E-state index contributed by atoms with van der Waals surface area (Å²) in [6, 6.07) is 3.42. The molecular weight excluding hydrogens is 292 g/mol. The van der Waals surface area contributed by atoms with Gasteiger partial charge in [0, 0.05) is 5.02 Å². The monoisotopic (exact) mass is 306 g/mol. The summed E-state index contributed by atoms with van der Waals surface area (Å²) in [6.07, 6.45) is 0.979. The number of carbonyl (C=O) groups is 1. The molecular formula is C11H15ClN2O4S. The van der Waals surface area contributed by atoms with Crippen molar-refractivity contribution in [2.45, 2.75) is 13.0 Å². The number of hydrogen-bond donors (Lipinski definition) is 1. The average Bonchev–Trinajstić information content (AvgIpc) is 2.27. The summed E-state index contributed by atoms with van der Waals surface area (Å²) in [5.41, 5.74) is 5.35. The Morgan fingerprint density at radius 2 is 2.05 bits per heavy atom. The number of nitrogens with zero attached hydrogens (tertiary/aromatic N) is 1. The molecule has 6 nitrogen and oxygen atoms in total. The zero-order valence-electron chi connectivity index (χ0n) is 10.8. The molecule has 1 aromatic carbocycles. The Hall–Kier alpha value is -1.47. The van der Waals surface area contributed by atoms with Gasteiger partial charge in [0.1, 0.15) is 11.8 Å². The molecule has 1 rings (SSSR count). The van der Waals surface area contributed by atoms with Gasteiger partial charge in [0.15, 0.2) is 0 Å². The van der Waals surface area contributed by atoms with E-state index in [9.17, 15) is 13.2 Å². The molecule has 8 heteroatoms. The topological polar surface area (TPSA) is 89.7 Å². The zero-order chi connectivity index (χ0) is 14.8. The molecule has 0 bridgehead atoms. The van der Waals surface area contributed by atoms with E-state index in [-0.39, 0.29) is 11.4 Å². The predicted molar refractivity (Wildman–Crippen MR) is 74.0 cm³/mol. The van der Waals surface area contributed by atoms with E-state index in [4.69, 9.17) is 22.1 Å². The highest BCUT2D eigenvalue weighted by Gasteiger charge is 2.30. The summed E-state index contributed by atoms with van der Waals surface area (Å²) >= 11 is 5.86. The maximum atomic E-state index is 11.9. The molecule has 0 spiro atoms. The molecule has 0 unspecified atom stereocenters. The van der Waals surface area contributed by atoms with E-state index in [1.807, 2.05) is 0 Å². The molecule has 0 saturated carbocycles. The number of benzene rings is 1. The summed E-state index contributed by atoms with van der Waals surface area (Å²) in [7, 11) is -2.33. The molecule has 19 heavy (non-hydrogen) atoms. The summed E-state index contributed by atoms with van der Waals surface area (Å²) in [6.45, 7) is 1.39. The van der Waals surface area contributed by atoms with E-state index in [1.165, 1.54) is 26.2 Å². The maximum absolute atomic E-state index is 11.9. The molecule has 1 aromatic rings. The second-order valence-corrected chi connectivity index (χ2v) is 6.25. The lowest BCUT2D eigenvalue weighted by Gasteiger charge is -2.28. The van der Waals surface area contributed by atoms with Crippen molar-refractivity contribution in [3.05, 3.63) is 23.2 Å². The molecule has 0 heterocycles. The van der Waals surface area contributed by atoms with Crippen LogP contribution in [0.4, 0.5) is 5.69 Å². The second-order valence-electron chi connectivity index (χ2n) is 3.95. The first kappa shape index (κ1) is 15.6. The lowest BCUT2D eigenvalue weighted by Crippen LogP contribution is -2.46. The van der Waals surface area contributed by atoms with E-state index in [1.54, 1.807) is 6.07 Å². The fourth-order valence-corrected chi connectivity index (χ4v) is 2.97. The third kappa shape index (κ3) is 3.51. The Morgan fingerprint density at radius 3 is 2.47 bits per heavy atom. The van der Waals surface area contributed by atoms with Gasteiger partial charge in [0.05, 0.1) is 19.1 Å². The van der Waals surface area contributed by atoms with E-state index in [0.717, 1.165) is 10.6 Å². The summed E-state index contributed by atoms with van der Waals surface area (Å²) in [5, 5.41) is 0.320. The molecule has 0 radical (unpaired) electrons. The highest BCUT2D eigenvalue weighted by Crippen LogP contribution is 2.34. The first-order valence-electron chi connectivity index (χ1n) is 5.30. The summed E-state index contributed by atoms with van der Waals surface area (Å²) in [5.74, 6) is -0.490. The Labute approximate surface area is 117 Å². The highest BCUT2D eigenvalue weighted by molar-refractivity contribution is 7.92. The zero-order valence-corrected chi connectivity index (χ0v) is 12.3. The van der Waals surface area contributed by atoms with Gasteiger partial charge in [0.2, 0.25) is 15.9 Å². The van der Waals surface area contributed by atoms with Crippen LogP contribution in [-0.2, 0) is 14.8 Å². The van der Waals surface area contributed by atoms with E-state index in [2.05, 4.69) is 0 Å². The van der Waals surface area contributed by atoms with Crippen molar-refractivity contribution in [1.29, 1.82) is 0 Å². The van der Waals surface area contributed by atoms with Crippen molar-refractivity contribution in [2.24, 2.45) is 5.73 Å². The van der Waals surface area contributed by atoms with E-state index < -0.39 is 22.0 Å². The van der Waals surface area contributed by atoms with Crippen LogP contribution in [0.5, 0.6) is 5.75 Å². The first-order chi connectivity index (χ1) is 8.68. The van der Waals surface area contributed by atoms with Crippen LogP contribution in [0, 0.1) is 0 Å². The number of nitrogens with two attached hydrogens (primary N) is 1. The number of carbonyl (C=O) groups excluding carboxylic acids is 1. The van der Waals surface area contributed by atoms with Crippen molar-refractivity contribution in [3.8, 4) is 5.75 Å². The molecule has 0 saturated heterocycles. The van der Waals surface area contributed by atoms with Crippen molar-refractivity contribution < 1.29 is 17.9 Å². The molecule has 0 aliphatic carbocycles. The van der Waals surface area contributed by atoms with Crippen LogP contribution in [0.3, 0.4) is 0 Å². The smallest absolute Gasteiger partial charge is 0.241 e. The van der Waals surface area contributed by atoms with Crippen LogP contribution in [-0.4, -0.2) is 33.7 Å². The SMILES string of the molecule is COc1ccc(Cl)cc1N([C@@H](C)C(N)=O)S(C)(=O)=O. The summed E-state index contributed by atoms with van der Waals surface area (Å²) in [4.78, 5) is 11.3. The van der Waals surface area contributed by atoms with Gasteiger partial charge < -0.3 is 10.5 Å². The number of amides is 1. The molecule has 1 atom stereocenters. The van der Waals surface area contributed by atoms with Crippen molar-refractivity contribution in [1.82, 2.24) is 0 Å². The van der Waals surface area contributed by atoms with Crippen LogP contribution >= 0.6 is 11.6 Å². The van der Waals surface area contributed by atoms with Gasteiger partial charge in [-0.05, 0) is 25.1 Å². The predicted octanol–water partition coefficient (Wildman–Crippen LogP) is 0.988. The number of hydrogen-bond acceptors (Lipinski definition) is 4. The second kappa shape index (κ2) is 5.66. The minimum absolute atomic E-state index is 0.170. The van der Waals surface area contributed by atoms with Crippen LogP contribution in [0.25, 0.3) is 0 Å². The summed E-state index contributed by atoms with van der Waals surface area (Å²) < 4.78 is 29.7. The molecule has 1 amide bonds. The maximum Gasteiger partial charge on any atom is 0.241 e. The van der Waals surface area contributed by atoms with Gasteiger partial charge >= 0.3 is 0 Å². The van der Waals surface area contributed by atoms with Gasteiger partial charge in [-0.1, -0.05) is 11.6 Å². The van der Waals surface area contributed by atoms with Crippen LogP contribution in [0.15, 0.2) is 18.2 Å². The van der Waals surface area contributed by atoms with Gasteiger partial charge in [0.25, 0.3) is 0 Å². The minimum atomic E-state index is -3.72. The first-order valence-corrected chi connectivity index (χ1v) is 7.53. The fourth-order valence-electron chi connectivity index (χ4n) is 1.63. The van der Waals surface area contributed by atoms with Crippen molar-refractivity contribution >= 4 is 33.2 Å². The quantitative estimate of drug-likeness (QED) is 0.878. The van der Waals surface area contributed by atoms with Crippen LogP contribution in [0.1, 0.15) is 6.92 Å². The Kier molecular flexibility index (Phi) is 4.65. The standard InChI is InChI=1S/C11H15ClN2O4S/c1-7(11(13)15)14(19(3,16)17)9-6-8(12)4-5-10(9)18-2/h4-7H,1-3H3,(H2,13,15)/t7-/m0/s1. The van der Waals surface area contributed by atoms with Gasteiger partial charge in [-0.15, -0.1) is 0 Å². The van der Waals surface area contributed by atoms with Crippen LogP contribution in [0.2, 0.25) is 5.02 Å². The number of anilines is 1. The van der Waals surface area contributed by atoms with Gasteiger partial charge in [-0.3, -0.25) is 9.10 Å². The molecule has 2 N–H and O–H groups in total. The third-order valence-electron chi connectivity index (χ3n) is 2.50. The number of sulfonamides is 1. The molecule has 0 fully saturated rings.